The van der Waals surface area contributed by atoms with Crippen LogP contribution in [0.3, 0.4) is 0 Å². The van der Waals surface area contributed by atoms with Crippen LogP contribution >= 0.6 is 0 Å². The van der Waals surface area contributed by atoms with Crippen LogP contribution < -0.4 is 0 Å². The summed E-state index contributed by atoms with van der Waals surface area (Å²) in [6.07, 6.45) is 6.24. The molecular formula is C10H18O3. The van der Waals surface area contributed by atoms with Crippen LogP contribution in [0.5, 0.6) is 0 Å². The van der Waals surface area contributed by atoms with E-state index in [0.717, 1.165) is 25.7 Å². The molecule has 1 N–H and O–H groups in total. The summed E-state index contributed by atoms with van der Waals surface area (Å²) in [5, 5.41) is 9.31. The lowest BCUT2D eigenvalue weighted by Crippen LogP contribution is -2.02. The highest BCUT2D eigenvalue weighted by molar-refractivity contribution is 5.66. The van der Waals surface area contributed by atoms with Crippen LogP contribution in [0, 0.1) is 0 Å². The fraction of sp³-hybridized carbons (Fsp3) is 0.700. The van der Waals surface area contributed by atoms with Crippen molar-refractivity contribution in [3.8, 4) is 0 Å². The number of esters is 1. The highest BCUT2D eigenvalue weighted by Gasteiger charge is 1.98. The van der Waals surface area contributed by atoms with E-state index in [1.807, 2.05) is 0 Å². The minimum Gasteiger partial charge on any atom is -0.435 e. The Hall–Kier alpha value is -0.830. The molecule has 0 amide bonds. The van der Waals surface area contributed by atoms with E-state index >= 15 is 0 Å². The lowest BCUT2D eigenvalue weighted by molar-refractivity contribution is -0.135. The van der Waals surface area contributed by atoms with E-state index in [0.29, 0.717) is 0 Å². The summed E-state index contributed by atoms with van der Waals surface area (Å²) < 4.78 is 4.54. The van der Waals surface area contributed by atoms with Crippen molar-refractivity contribution >= 4 is 5.97 Å². The van der Waals surface area contributed by atoms with E-state index in [-0.39, 0.29) is 5.97 Å². The lowest BCUT2D eigenvalue weighted by atomic mass is 10.1. The summed E-state index contributed by atoms with van der Waals surface area (Å²) in [6.45, 7) is 3.44. The number of aliphatic hydroxyl groups is 1. The van der Waals surface area contributed by atoms with Gasteiger partial charge in [0.25, 0.3) is 0 Å². The number of hydrogen-bond acceptors (Lipinski definition) is 3. The van der Waals surface area contributed by atoms with Crippen molar-refractivity contribution in [2.45, 2.75) is 45.6 Å². The Labute approximate surface area is 79.4 Å². The van der Waals surface area contributed by atoms with Crippen LogP contribution in [0.15, 0.2) is 12.3 Å². The summed E-state index contributed by atoms with van der Waals surface area (Å²) >= 11 is 0. The highest BCUT2D eigenvalue weighted by Crippen LogP contribution is 2.04. The second-order valence-electron chi connectivity index (χ2n) is 3.00. The normalized spacial score (nSPS) is 13.2. The molecule has 0 aliphatic carbocycles. The number of carbonyl (C=O) groups excluding carboxylic acids is 1. The molecule has 0 saturated heterocycles. The molecule has 0 rings (SSSR count). The number of rotatable bonds is 6. The third-order valence-corrected chi connectivity index (χ3v) is 1.64. The van der Waals surface area contributed by atoms with Crippen LogP contribution in [-0.2, 0) is 9.53 Å². The molecule has 0 aliphatic heterocycles. The minimum atomic E-state index is -0.495. The second kappa shape index (κ2) is 7.80. The molecular weight excluding hydrogens is 168 g/mol. The molecule has 0 fully saturated rings. The quantitative estimate of drug-likeness (QED) is 0.392. The van der Waals surface area contributed by atoms with Crippen molar-refractivity contribution in [1.29, 1.82) is 0 Å². The Morgan fingerprint density at radius 3 is 2.77 bits per heavy atom. The smallest absolute Gasteiger partial charge is 0.307 e. The summed E-state index contributed by atoms with van der Waals surface area (Å²) in [5.74, 6) is -0.364. The molecule has 76 valence electrons. The maximum atomic E-state index is 10.3. The molecule has 0 saturated carbocycles. The van der Waals surface area contributed by atoms with E-state index in [9.17, 15) is 9.90 Å². The molecule has 0 spiro atoms. The van der Waals surface area contributed by atoms with Gasteiger partial charge in [-0.25, -0.2) is 0 Å². The van der Waals surface area contributed by atoms with Crippen LogP contribution in [0.4, 0.5) is 0 Å². The van der Waals surface area contributed by atoms with Gasteiger partial charge in [-0.3, -0.25) is 4.79 Å². The largest absolute Gasteiger partial charge is 0.435 e. The van der Waals surface area contributed by atoms with Gasteiger partial charge in [0.15, 0.2) is 0 Å². The molecule has 0 radical (unpaired) electrons. The van der Waals surface area contributed by atoms with Crippen molar-refractivity contribution in [3.05, 3.63) is 12.3 Å². The van der Waals surface area contributed by atoms with Gasteiger partial charge >= 0.3 is 5.97 Å². The van der Waals surface area contributed by atoms with E-state index in [1.165, 1.54) is 19.3 Å². The van der Waals surface area contributed by atoms with Crippen LogP contribution in [0.25, 0.3) is 0 Å². The van der Waals surface area contributed by atoms with E-state index in [2.05, 4.69) is 11.7 Å². The fourth-order valence-electron chi connectivity index (χ4n) is 0.925. The fourth-order valence-corrected chi connectivity index (χ4v) is 0.925. The summed E-state index contributed by atoms with van der Waals surface area (Å²) in [7, 11) is 0. The van der Waals surface area contributed by atoms with Gasteiger partial charge in [0, 0.05) is 6.92 Å². The SMILES string of the molecule is CCCCCC(O)/C=C/OC(C)=O. The van der Waals surface area contributed by atoms with E-state index < -0.39 is 6.10 Å². The van der Waals surface area contributed by atoms with E-state index in [1.54, 1.807) is 0 Å². The predicted molar refractivity (Wildman–Crippen MR) is 51.1 cm³/mol. The molecule has 1 unspecified atom stereocenters. The first kappa shape index (κ1) is 12.2. The zero-order valence-electron chi connectivity index (χ0n) is 8.32. The number of unbranched alkanes of at least 4 members (excludes halogenated alkanes) is 2. The highest BCUT2D eigenvalue weighted by atomic mass is 16.5. The van der Waals surface area contributed by atoms with Gasteiger partial charge in [0.1, 0.15) is 0 Å². The molecule has 0 aromatic carbocycles. The van der Waals surface area contributed by atoms with Gasteiger partial charge in [-0.1, -0.05) is 26.2 Å². The minimum absolute atomic E-state index is 0.364. The van der Waals surface area contributed by atoms with E-state index in [4.69, 9.17) is 0 Å². The molecule has 1 atom stereocenters. The van der Waals surface area contributed by atoms with Gasteiger partial charge in [-0.15, -0.1) is 0 Å². The maximum Gasteiger partial charge on any atom is 0.307 e. The maximum absolute atomic E-state index is 10.3. The standard InChI is InChI=1S/C10H18O3/c1-3-4-5-6-10(12)7-8-13-9(2)11/h7-8,10,12H,3-6H2,1-2H3/b8-7+. The third kappa shape index (κ3) is 9.08. The predicted octanol–water partition coefficient (Wildman–Crippen LogP) is 2.00. The molecule has 0 aliphatic rings. The summed E-state index contributed by atoms with van der Waals surface area (Å²) in [6, 6.07) is 0. The van der Waals surface area contributed by atoms with Gasteiger partial charge in [-0.05, 0) is 12.5 Å². The number of ether oxygens (including phenoxy) is 1. The molecule has 0 aromatic heterocycles. The Balaban J connectivity index is 3.43. The lowest BCUT2D eigenvalue weighted by Gasteiger charge is -2.03. The van der Waals surface area contributed by atoms with Crippen molar-refractivity contribution < 1.29 is 14.6 Å². The van der Waals surface area contributed by atoms with Crippen molar-refractivity contribution in [1.82, 2.24) is 0 Å². The number of aliphatic hydroxyl groups excluding tert-OH is 1. The molecule has 3 nitrogen and oxygen atoms in total. The average Bonchev–Trinajstić information content (AvgIpc) is 2.04. The van der Waals surface area contributed by atoms with Gasteiger partial charge in [-0.2, -0.15) is 0 Å². The molecule has 3 heteroatoms. The van der Waals surface area contributed by atoms with Crippen LogP contribution in [0.1, 0.15) is 39.5 Å². The Kier molecular flexibility index (Phi) is 7.30. The van der Waals surface area contributed by atoms with Gasteiger partial charge < -0.3 is 9.84 Å². The second-order valence-corrected chi connectivity index (χ2v) is 3.00. The molecule has 0 aromatic rings. The topological polar surface area (TPSA) is 46.5 Å². The Bertz CT molecular complexity index is 164. The number of hydrogen-bond donors (Lipinski definition) is 1. The molecule has 13 heavy (non-hydrogen) atoms. The zero-order chi connectivity index (χ0) is 10.1. The van der Waals surface area contributed by atoms with Crippen LogP contribution in [0.2, 0.25) is 0 Å². The molecule has 0 bridgehead atoms. The van der Waals surface area contributed by atoms with Crippen molar-refractivity contribution in [2.75, 3.05) is 0 Å². The monoisotopic (exact) mass is 186 g/mol. The molecule has 0 heterocycles. The van der Waals surface area contributed by atoms with Crippen molar-refractivity contribution in [2.24, 2.45) is 0 Å². The first-order valence-electron chi connectivity index (χ1n) is 4.68. The van der Waals surface area contributed by atoms with Gasteiger partial charge in [0.05, 0.1) is 12.4 Å². The zero-order valence-corrected chi connectivity index (χ0v) is 8.32. The summed E-state index contributed by atoms with van der Waals surface area (Å²) in [5.41, 5.74) is 0. The third-order valence-electron chi connectivity index (χ3n) is 1.64. The first-order chi connectivity index (χ1) is 6.16. The average molecular weight is 186 g/mol. The number of carbonyl (C=O) groups is 1. The Morgan fingerprint density at radius 1 is 1.54 bits per heavy atom. The summed E-state index contributed by atoms with van der Waals surface area (Å²) in [4.78, 5) is 10.3. The first-order valence-corrected chi connectivity index (χ1v) is 4.68. The van der Waals surface area contributed by atoms with Crippen molar-refractivity contribution in [3.63, 3.8) is 0 Å². The Morgan fingerprint density at radius 2 is 2.23 bits per heavy atom. The van der Waals surface area contributed by atoms with Crippen LogP contribution in [-0.4, -0.2) is 17.2 Å². The van der Waals surface area contributed by atoms with Gasteiger partial charge in [0.2, 0.25) is 0 Å².